The molecule has 1 saturated heterocycles. The van der Waals surface area contributed by atoms with E-state index in [0.717, 1.165) is 6.42 Å². The largest absolute Gasteiger partial charge is 0.369 e. The van der Waals surface area contributed by atoms with Crippen LogP contribution < -0.4 is 10.6 Å². The summed E-state index contributed by atoms with van der Waals surface area (Å²) in [5.74, 6) is -0.427. The summed E-state index contributed by atoms with van der Waals surface area (Å²) in [6, 6.07) is 3.46. The number of carbonyl (C=O) groups is 2. The van der Waals surface area contributed by atoms with E-state index in [1.807, 2.05) is 17.5 Å². The molecule has 5 nitrogen and oxygen atoms in total. The van der Waals surface area contributed by atoms with Crippen LogP contribution in [0, 0.1) is 0 Å². The lowest BCUT2D eigenvalue weighted by Gasteiger charge is -2.22. The Hall–Kier alpha value is -1.40. The SMILES string of the molecule is O=C1COCC(C(=O)NCCc2cccs2)N1. The van der Waals surface area contributed by atoms with Crippen LogP contribution in [0.3, 0.4) is 0 Å². The van der Waals surface area contributed by atoms with Crippen LogP contribution in [0.25, 0.3) is 0 Å². The Bertz CT molecular complexity index is 391. The summed E-state index contributed by atoms with van der Waals surface area (Å²) in [5, 5.41) is 7.38. The van der Waals surface area contributed by atoms with Crippen LogP contribution in [0.4, 0.5) is 0 Å². The number of nitrogens with one attached hydrogen (secondary N) is 2. The standard InChI is InChI=1S/C11H14N2O3S/c14-10-7-16-6-9(13-10)11(15)12-4-3-8-2-1-5-17-8/h1-2,5,9H,3-4,6-7H2,(H,12,15)(H,13,14). The third kappa shape index (κ3) is 3.54. The monoisotopic (exact) mass is 254 g/mol. The molecule has 1 aliphatic heterocycles. The highest BCUT2D eigenvalue weighted by atomic mass is 32.1. The fraction of sp³-hybridized carbons (Fsp3) is 0.455. The number of ether oxygens (including phenoxy) is 1. The lowest BCUT2D eigenvalue weighted by molar-refractivity contribution is -0.138. The van der Waals surface area contributed by atoms with Crippen molar-refractivity contribution in [3.63, 3.8) is 0 Å². The molecule has 1 aromatic heterocycles. The van der Waals surface area contributed by atoms with Crippen molar-refractivity contribution in [1.29, 1.82) is 0 Å². The molecule has 2 rings (SSSR count). The number of morpholine rings is 1. The Morgan fingerprint density at radius 1 is 1.65 bits per heavy atom. The maximum atomic E-state index is 11.7. The van der Waals surface area contributed by atoms with Crippen molar-refractivity contribution in [3.05, 3.63) is 22.4 Å². The maximum absolute atomic E-state index is 11.7. The van der Waals surface area contributed by atoms with Crippen molar-refractivity contribution in [2.45, 2.75) is 12.5 Å². The van der Waals surface area contributed by atoms with Gasteiger partial charge in [0.1, 0.15) is 12.6 Å². The molecule has 2 N–H and O–H groups in total. The second kappa shape index (κ2) is 5.79. The third-order valence-corrected chi connectivity index (χ3v) is 3.36. The Morgan fingerprint density at radius 3 is 3.24 bits per heavy atom. The quantitative estimate of drug-likeness (QED) is 0.790. The van der Waals surface area contributed by atoms with Crippen molar-refractivity contribution in [1.82, 2.24) is 10.6 Å². The minimum absolute atomic E-state index is 0.0407. The molecule has 6 heteroatoms. The molecule has 1 unspecified atom stereocenters. The van der Waals surface area contributed by atoms with Crippen LogP contribution >= 0.6 is 11.3 Å². The Labute approximate surface area is 103 Å². The first-order valence-corrected chi connectivity index (χ1v) is 6.31. The van der Waals surface area contributed by atoms with E-state index in [9.17, 15) is 9.59 Å². The van der Waals surface area contributed by atoms with Crippen LogP contribution in [0.2, 0.25) is 0 Å². The van der Waals surface area contributed by atoms with Gasteiger partial charge in [-0.15, -0.1) is 11.3 Å². The Kier molecular flexibility index (Phi) is 4.11. The fourth-order valence-corrected chi connectivity index (χ4v) is 2.28. The van der Waals surface area contributed by atoms with E-state index in [1.54, 1.807) is 11.3 Å². The molecule has 1 aliphatic rings. The normalized spacial score (nSPS) is 19.8. The van der Waals surface area contributed by atoms with Gasteiger partial charge in [0, 0.05) is 11.4 Å². The molecule has 0 spiro atoms. The van der Waals surface area contributed by atoms with E-state index in [2.05, 4.69) is 10.6 Å². The zero-order valence-corrected chi connectivity index (χ0v) is 10.1. The number of rotatable bonds is 4. The van der Waals surface area contributed by atoms with Crippen LogP contribution in [0.15, 0.2) is 17.5 Å². The van der Waals surface area contributed by atoms with Gasteiger partial charge in [-0.1, -0.05) is 6.07 Å². The average molecular weight is 254 g/mol. The van der Waals surface area contributed by atoms with Crippen molar-refractivity contribution in [2.24, 2.45) is 0 Å². The van der Waals surface area contributed by atoms with Crippen molar-refractivity contribution < 1.29 is 14.3 Å². The summed E-state index contributed by atoms with van der Waals surface area (Å²) in [6.07, 6.45) is 0.810. The first kappa shape index (κ1) is 12.1. The minimum Gasteiger partial charge on any atom is -0.369 e. The van der Waals surface area contributed by atoms with E-state index >= 15 is 0 Å². The van der Waals surface area contributed by atoms with Gasteiger partial charge in [-0.25, -0.2) is 0 Å². The van der Waals surface area contributed by atoms with Gasteiger partial charge in [0.05, 0.1) is 6.61 Å². The zero-order chi connectivity index (χ0) is 12.1. The van der Waals surface area contributed by atoms with Gasteiger partial charge < -0.3 is 15.4 Å². The third-order valence-electron chi connectivity index (χ3n) is 2.42. The Balaban J connectivity index is 1.71. The molecule has 0 aliphatic carbocycles. The van der Waals surface area contributed by atoms with Crippen molar-refractivity contribution >= 4 is 23.2 Å². The molecule has 1 aromatic rings. The predicted octanol–water partition coefficient (Wildman–Crippen LogP) is -0.0782. The molecule has 92 valence electrons. The molecule has 0 aromatic carbocycles. The van der Waals surface area contributed by atoms with E-state index < -0.39 is 6.04 Å². The number of amides is 2. The van der Waals surface area contributed by atoms with Crippen LogP contribution in [0.5, 0.6) is 0 Å². The number of thiophene rings is 1. The molecular weight excluding hydrogens is 240 g/mol. The average Bonchev–Trinajstić information content (AvgIpc) is 2.82. The number of carbonyl (C=O) groups excluding carboxylic acids is 2. The molecule has 17 heavy (non-hydrogen) atoms. The summed E-state index contributed by atoms with van der Waals surface area (Å²) in [7, 11) is 0. The molecule has 0 radical (unpaired) electrons. The Morgan fingerprint density at radius 2 is 2.53 bits per heavy atom. The van der Waals surface area contributed by atoms with Gasteiger partial charge in [0.25, 0.3) is 0 Å². The van der Waals surface area contributed by atoms with Gasteiger partial charge in [0.15, 0.2) is 0 Å². The van der Waals surface area contributed by atoms with Gasteiger partial charge in [0.2, 0.25) is 11.8 Å². The summed E-state index contributed by atoms with van der Waals surface area (Å²) in [6.45, 7) is 0.862. The second-order valence-corrected chi connectivity index (χ2v) is 4.79. The van der Waals surface area contributed by atoms with Crippen molar-refractivity contribution in [3.8, 4) is 0 Å². The van der Waals surface area contributed by atoms with E-state index in [0.29, 0.717) is 6.54 Å². The van der Waals surface area contributed by atoms with Crippen LogP contribution in [0.1, 0.15) is 4.88 Å². The van der Waals surface area contributed by atoms with Crippen molar-refractivity contribution in [2.75, 3.05) is 19.8 Å². The van der Waals surface area contributed by atoms with Crippen LogP contribution in [-0.2, 0) is 20.7 Å². The molecule has 1 fully saturated rings. The zero-order valence-electron chi connectivity index (χ0n) is 9.27. The molecule has 2 amide bonds. The van der Waals surface area contributed by atoms with Gasteiger partial charge in [-0.2, -0.15) is 0 Å². The molecule has 0 saturated carbocycles. The molecule has 0 bridgehead atoms. The first-order chi connectivity index (χ1) is 8.25. The van der Waals surface area contributed by atoms with E-state index in [-0.39, 0.29) is 25.0 Å². The summed E-state index contributed by atoms with van der Waals surface area (Å²) in [4.78, 5) is 23.9. The minimum atomic E-state index is -0.556. The maximum Gasteiger partial charge on any atom is 0.246 e. The highest BCUT2D eigenvalue weighted by molar-refractivity contribution is 7.09. The highest BCUT2D eigenvalue weighted by Crippen LogP contribution is 2.08. The second-order valence-electron chi connectivity index (χ2n) is 3.76. The number of hydrogen-bond donors (Lipinski definition) is 2. The molecule has 1 atom stereocenters. The first-order valence-electron chi connectivity index (χ1n) is 5.43. The molecular formula is C11H14N2O3S. The van der Waals surface area contributed by atoms with Gasteiger partial charge in [-0.3, -0.25) is 9.59 Å². The van der Waals surface area contributed by atoms with E-state index in [4.69, 9.17) is 4.74 Å². The van der Waals surface area contributed by atoms with Gasteiger partial charge >= 0.3 is 0 Å². The lowest BCUT2D eigenvalue weighted by atomic mass is 10.2. The van der Waals surface area contributed by atoms with Gasteiger partial charge in [-0.05, 0) is 17.9 Å². The van der Waals surface area contributed by atoms with Crippen LogP contribution in [-0.4, -0.2) is 37.6 Å². The summed E-state index contributed by atoms with van der Waals surface area (Å²) in [5.41, 5.74) is 0. The van der Waals surface area contributed by atoms with E-state index in [1.165, 1.54) is 4.88 Å². The fourth-order valence-electron chi connectivity index (χ4n) is 1.58. The molecule has 2 heterocycles. The summed E-state index contributed by atoms with van der Waals surface area (Å²) >= 11 is 1.66. The smallest absolute Gasteiger partial charge is 0.246 e. The highest BCUT2D eigenvalue weighted by Gasteiger charge is 2.24. The topological polar surface area (TPSA) is 67.4 Å². The predicted molar refractivity (Wildman–Crippen MR) is 63.8 cm³/mol. The number of hydrogen-bond acceptors (Lipinski definition) is 4. The summed E-state index contributed by atoms with van der Waals surface area (Å²) < 4.78 is 5.00. The lowest BCUT2D eigenvalue weighted by Crippen LogP contribution is -2.54.